The minimum Gasteiger partial charge on any atom is -0.312 e. The van der Waals surface area contributed by atoms with E-state index in [1.54, 1.807) is 24.3 Å². The zero-order valence-corrected chi connectivity index (χ0v) is 14.3. The predicted molar refractivity (Wildman–Crippen MR) is 93.9 cm³/mol. The second-order valence-corrected chi connectivity index (χ2v) is 6.27. The first-order valence-electron chi connectivity index (χ1n) is 7.86. The van der Waals surface area contributed by atoms with Crippen molar-refractivity contribution in [2.75, 3.05) is 11.4 Å². The molecule has 0 radical (unpaired) electrons. The first kappa shape index (κ1) is 17.9. The van der Waals surface area contributed by atoms with E-state index in [1.807, 2.05) is 0 Å². The molecule has 1 heterocycles. The van der Waals surface area contributed by atoms with E-state index in [9.17, 15) is 18.8 Å². The lowest BCUT2D eigenvalue weighted by Crippen LogP contribution is -2.45. The molecule has 2 N–H and O–H groups in total. The largest absolute Gasteiger partial charge is 0.312 e. The van der Waals surface area contributed by atoms with E-state index in [0.29, 0.717) is 10.7 Å². The van der Waals surface area contributed by atoms with Crippen LogP contribution in [0.1, 0.15) is 16.8 Å². The third kappa shape index (κ3) is 4.00. The molecule has 26 heavy (non-hydrogen) atoms. The molecule has 1 aliphatic rings. The van der Waals surface area contributed by atoms with Crippen LogP contribution in [0.5, 0.6) is 0 Å². The van der Waals surface area contributed by atoms with Crippen LogP contribution in [0.3, 0.4) is 0 Å². The second kappa shape index (κ2) is 7.53. The number of rotatable bonds is 3. The van der Waals surface area contributed by atoms with E-state index in [4.69, 9.17) is 11.6 Å². The summed E-state index contributed by atoms with van der Waals surface area (Å²) in [5.74, 6) is -2.27. The molecule has 1 fully saturated rings. The number of carbonyl (C=O) groups is 3. The molecule has 0 aliphatic carbocycles. The summed E-state index contributed by atoms with van der Waals surface area (Å²) < 4.78 is 12.9. The van der Waals surface area contributed by atoms with Crippen molar-refractivity contribution >= 4 is 35.0 Å². The van der Waals surface area contributed by atoms with Crippen LogP contribution in [-0.2, 0) is 9.59 Å². The highest BCUT2D eigenvalue weighted by Crippen LogP contribution is 2.26. The Labute approximate surface area is 153 Å². The van der Waals surface area contributed by atoms with Crippen LogP contribution >= 0.6 is 11.6 Å². The minimum absolute atomic E-state index is 0.0425. The highest BCUT2D eigenvalue weighted by molar-refractivity contribution is 6.30. The molecule has 0 aromatic heterocycles. The van der Waals surface area contributed by atoms with Crippen LogP contribution < -0.4 is 15.8 Å². The van der Waals surface area contributed by atoms with Crippen molar-refractivity contribution in [3.63, 3.8) is 0 Å². The van der Waals surface area contributed by atoms with Gasteiger partial charge in [0.2, 0.25) is 11.8 Å². The SMILES string of the molecule is O=C(NNC(=O)[C@@H]1CC(=O)N(c2ccc(Cl)cc2)C1)c1ccc(F)cc1. The van der Waals surface area contributed by atoms with E-state index in [1.165, 1.54) is 17.0 Å². The summed E-state index contributed by atoms with van der Waals surface area (Å²) in [6.07, 6.45) is 0.0425. The number of halogens is 2. The third-order valence-corrected chi connectivity index (χ3v) is 4.29. The Hall–Kier alpha value is -2.93. The number of benzene rings is 2. The molecule has 1 aliphatic heterocycles. The molecule has 134 valence electrons. The predicted octanol–water partition coefficient (Wildman–Crippen LogP) is 2.29. The number of hydrogen-bond acceptors (Lipinski definition) is 3. The zero-order chi connectivity index (χ0) is 18.7. The van der Waals surface area contributed by atoms with Gasteiger partial charge in [-0.05, 0) is 48.5 Å². The Kier molecular flexibility index (Phi) is 5.18. The molecular weight excluding hydrogens is 361 g/mol. The molecule has 1 atom stereocenters. The summed E-state index contributed by atoms with van der Waals surface area (Å²) in [4.78, 5) is 37.8. The molecule has 3 amide bonds. The van der Waals surface area contributed by atoms with Crippen molar-refractivity contribution < 1.29 is 18.8 Å². The number of carbonyl (C=O) groups excluding carboxylic acids is 3. The molecule has 0 bridgehead atoms. The van der Waals surface area contributed by atoms with Crippen molar-refractivity contribution in [3.05, 3.63) is 64.9 Å². The van der Waals surface area contributed by atoms with E-state index >= 15 is 0 Å². The van der Waals surface area contributed by atoms with Gasteiger partial charge in [-0.3, -0.25) is 25.2 Å². The average molecular weight is 376 g/mol. The number of anilines is 1. The first-order valence-corrected chi connectivity index (χ1v) is 8.23. The Morgan fingerprint density at radius 3 is 2.35 bits per heavy atom. The third-order valence-electron chi connectivity index (χ3n) is 4.04. The molecular formula is C18H15ClFN3O3. The summed E-state index contributed by atoms with van der Waals surface area (Å²) in [5, 5.41) is 0.554. The minimum atomic E-state index is -0.591. The fourth-order valence-corrected chi connectivity index (χ4v) is 2.77. The van der Waals surface area contributed by atoms with Crippen LogP contribution in [0.25, 0.3) is 0 Å². The van der Waals surface area contributed by atoms with Gasteiger partial charge in [0.25, 0.3) is 5.91 Å². The molecule has 2 aromatic rings. The van der Waals surface area contributed by atoms with Crippen molar-refractivity contribution in [2.45, 2.75) is 6.42 Å². The highest BCUT2D eigenvalue weighted by Gasteiger charge is 2.35. The van der Waals surface area contributed by atoms with Crippen molar-refractivity contribution in [1.82, 2.24) is 10.9 Å². The van der Waals surface area contributed by atoms with Gasteiger partial charge in [0, 0.05) is 29.2 Å². The monoisotopic (exact) mass is 375 g/mol. The average Bonchev–Trinajstić information content (AvgIpc) is 3.02. The zero-order valence-electron chi connectivity index (χ0n) is 13.5. The highest BCUT2D eigenvalue weighted by atomic mass is 35.5. The van der Waals surface area contributed by atoms with Gasteiger partial charge in [0.15, 0.2) is 0 Å². The lowest BCUT2D eigenvalue weighted by atomic mass is 10.1. The standard InChI is InChI=1S/C18H15ClFN3O3/c19-13-3-7-15(8-4-13)23-10-12(9-16(23)24)18(26)22-21-17(25)11-1-5-14(20)6-2-11/h1-8,12H,9-10H2,(H,21,25)(H,22,26)/t12-/m1/s1. The van der Waals surface area contributed by atoms with Crippen LogP contribution in [-0.4, -0.2) is 24.3 Å². The normalized spacial score (nSPS) is 16.5. The number of nitrogens with one attached hydrogen (secondary N) is 2. The summed E-state index contributed by atoms with van der Waals surface area (Å²) >= 11 is 5.84. The van der Waals surface area contributed by atoms with Crippen LogP contribution in [0.4, 0.5) is 10.1 Å². The summed E-state index contributed by atoms with van der Waals surface area (Å²) in [5.41, 5.74) is 5.43. The Morgan fingerprint density at radius 1 is 1.04 bits per heavy atom. The number of hydrogen-bond donors (Lipinski definition) is 2. The molecule has 2 aromatic carbocycles. The van der Waals surface area contributed by atoms with Gasteiger partial charge in [-0.2, -0.15) is 0 Å². The van der Waals surface area contributed by atoms with Gasteiger partial charge in [0.05, 0.1) is 5.92 Å². The molecule has 0 spiro atoms. The lowest BCUT2D eigenvalue weighted by molar-refractivity contribution is -0.126. The van der Waals surface area contributed by atoms with Crippen LogP contribution in [0, 0.1) is 11.7 Å². The fourth-order valence-electron chi connectivity index (χ4n) is 2.65. The molecule has 8 heteroatoms. The summed E-state index contributed by atoms with van der Waals surface area (Å²) in [6.45, 7) is 0.207. The number of amides is 3. The number of nitrogens with zero attached hydrogens (tertiary/aromatic N) is 1. The van der Waals surface area contributed by atoms with Crippen LogP contribution in [0.2, 0.25) is 5.02 Å². The van der Waals surface area contributed by atoms with Gasteiger partial charge >= 0.3 is 0 Å². The number of hydrazine groups is 1. The maximum absolute atomic E-state index is 12.9. The van der Waals surface area contributed by atoms with Gasteiger partial charge in [-0.15, -0.1) is 0 Å². The Bertz CT molecular complexity index is 840. The van der Waals surface area contributed by atoms with E-state index in [0.717, 1.165) is 12.1 Å². The topological polar surface area (TPSA) is 78.5 Å². The fraction of sp³-hybridized carbons (Fsp3) is 0.167. The quantitative estimate of drug-likeness (QED) is 0.808. The van der Waals surface area contributed by atoms with Gasteiger partial charge in [0.1, 0.15) is 5.82 Å². The van der Waals surface area contributed by atoms with Crippen molar-refractivity contribution in [3.8, 4) is 0 Å². The van der Waals surface area contributed by atoms with Crippen molar-refractivity contribution in [1.29, 1.82) is 0 Å². The summed E-state index contributed by atoms with van der Waals surface area (Å²) in [7, 11) is 0. The maximum Gasteiger partial charge on any atom is 0.269 e. The lowest BCUT2D eigenvalue weighted by Gasteiger charge is -2.17. The molecule has 6 nitrogen and oxygen atoms in total. The summed E-state index contributed by atoms with van der Waals surface area (Å²) in [6, 6.07) is 11.7. The van der Waals surface area contributed by atoms with Crippen molar-refractivity contribution in [2.24, 2.45) is 5.92 Å². The molecule has 1 saturated heterocycles. The molecule has 0 saturated carbocycles. The Balaban J connectivity index is 1.57. The second-order valence-electron chi connectivity index (χ2n) is 5.83. The van der Waals surface area contributed by atoms with Gasteiger partial charge < -0.3 is 4.90 Å². The first-order chi connectivity index (χ1) is 12.4. The van der Waals surface area contributed by atoms with E-state index in [-0.39, 0.29) is 24.4 Å². The van der Waals surface area contributed by atoms with Crippen LogP contribution in [0.15, 0.2) is 48.5 Å². The van der Waals surface area contributed by atoms with E-state index < -0.39 is 23.5 Å². The van der Waals surface area contributed by atoms with E-state index in [2.05, 4.69) is 10.9 Å². The van der Waals surface area contributed by atoms with Gasteiger partial charge in [-0.25, -0.2) is 4.39 Å². The molecule has 3 rings (SSSR count). The molecule has 0 unspecified atom stereocenters. The smallest absolute Gasteiger partial charge is 0.269 e. The van der Waals surface area contributed by atoms with Gasteiger partial charge in [-0.1, -0.05) is 11.6 Å². The maximum atomic E-state index is 12.9. The Morgan fingerprint density at radius 2 is 1.69 bits per heavy atom.